The molecule has 0 spiro atoms. The lowest BCUT2D eigenvalue weighted by Crippen LogP contribution is -2.49. The molecule has 0 heterocycles. The summed E-state index contributed by atoms with van der Waals surface area (Å²) in [5.74, 6) is 1.55. The Morgan fingerprint density at radius 1 is 1.33 bits per heavy atom. The summed E-state index contributed by atoms with van der Waals surface area (Å²) in [4.78, 5) is 0. The molecule has 0 aliphatic heterocycles. The molecule has 0 aromatic rings. The van der Waals surface area contributed by atoms with Crippen LogP contribution in [0, 0.1) is 22.7 Å². The van der Waals surface area contributed by atoms with Crippen LogP contribution in [0.1, 0.15) is 92.4 Å². The highest BCUT2D eigenvalue weighted by Gasteiger charge is 2.52. The predicted octanol–water partition coefficient (Wildman–Crippen LogP) is 6.67. The van der Waals surface area contributed by atoms with Gasteiger partial charge in [0.25, 0.3) is 0 Å². The molecule has 2 aliphatic carbocycles. The van der Waals surface area contributed by atoms with E-state index in [4.69, 9.17) is 0 Å². The van der Waals surface area contributed by atoms with Crippen LogP contribution < -0.4 is 0 Å². The third-order valence-corrected chi connectivity index (χ3v) is 7.22. The van der Waals surface area contributed by atoms with Crippen molar-refractivity contribution in [3.05, 3.63) is 23.8 Å². The second-order valence-corrected chi connectivity index (χ2v) is 9.67. The molecular weight excluding hydrogens is 292 g/mol. The Bertz CT molecular complexity index is 470. The monoisotopic (exact) mass is 332 g/mol. The number of hydrogen-bond donors (Lipinski definition) is 1. The Labute approximate surface area is 150 Å². The molecule has 2 rings (SSSR count). The Kier molecular flexibility index (Phi) is 6.40. The lowest BCUT2D eigenvalue weighted by atomic mass is 9.47. The zero-order valence-corrected chi connectivity index (χ0v) is 16.8. The molecule has 0 aromatic heterocycles. The molecule has 0 saturated heterocycles. The summed E-state index contributed by atoms with van der Waals surface area (Å²) in [5, 5.41) is 9.41. The highest BCUT2D eigenvalue weighted by atomic mass is 16.3. The van der Waals surface area contributed by atoms with E-state index in [-0.39, 0.29) is 6.10 Å². The molecule has 4 atom stereocenters. The van der Waals surface area contributed by atoms with Gasteiger partial charge in [-0.2, -0.15) is 0 Å². The van der Waals surface area contributed by atoms with E-state index >= 15 is 0 Å². The second kappa shape index (κ2) is 7.77. The number of aliphatic hydroxyl groups excluding tert-OH is 1. The average molecular weight is 333 g/mol. The van der Waals surface area contributed by atoms with Crippen molar-refractivity contribution in [2.24, 2.45) is 22.7 Å². The van der Waals surface area contributed by atoms with Gasteiger partial charge in [0.15, 0.2) is 0 Å². The summed E-state index contributed by atoms with van der Waals surface area (Å²) in [7, 11) is 0. The summed E-state index contributed by atoms with van der Waals surface area (Å²) in [6.45, 7) is 16.2. The fraction of sp³-hybridized carbons (Fsp3) is 0.826. The molecule has 1 heteroatoms. The lowest BCUT2D eigenvalue weighted by Gasteiger charge is -2.58. The van der Waals surface area contributed by atoms with Crippen molar-refractivity contribution in [2.75, 3.05) is 0 Å². The molecule has 2 saturated carbocycles. The van der Waals surface area contributed by atoms with Crippen LogP contribution in [0.5, 0.6) is 0 Å². The molecule has 0 radical (unpaired) electrons. The van der Waals surface area contributed by atoms with Crippen LogP contribution in [0.2, 0.25) is 0 Å². The van der Waals surface area contributed by atoms with Crippen molar-refractivity contribution < 1.29 is 5.11 Å². The molecule has 24 heavy (non-hydrogen) atoms. The summed E-state index contributed by atoms with van der Waals surface area (Å²) in [6.07, 6.45) is 13.2. The molecule has 0 amide bonds. The van der Waals surface area contributed by atoms with Gasteiger partial charge in [0, 0.05) is 0 Å². The Morgan fingerprint density at radius 2 is 2.04 bits per heavy atom. The molecule has 138 valence electrons. The third kappa shape index (κ3) is 4.34. The number of rotatable bonds is 6. The van der Waals surface area contributed by atoms with E-state index in [1.54, 1.807) is 0 Å². The van der Waals surface area contributed by atoms with Crippen molar-refractivity contribution >= 4 is 0 Å². The van der Waals surface area contributed by atoms with Gasteiger partial charge in [0.1, 0.15) is 0 Å². The van der Waals surface area contributed by atoms with Gasteiger partial charge in [-0.1, -0.05) is 51.0 Å². The number of fused-ring (bicyclic) bond motifs is 1. The van der Waals surface area contributed by atoms with Crippen molar-refractivity contribution in [2.45, 2.75) is 98.5 Å². The van der Waals surface area contributed by atoms with Crippen molar-refractivity contribution in [1.29, 1.82) is 0 Å². The summed E-state index contributed by atoms with van der Waals surface area (Å²) in [6, 6.07) is 0. The Morgan fingerprint density at radius 3 is 2.71 bits per heavy atom. The molecule has 0 bridgehead atoms. The minimum Gasteiger partial charge on any atom is -0.393 e. The van der Waals surface area contributed by atoms with Crippen molar-refractivity contribution in [3.8, 4) is 0 Å². The van der Waals surface area contributed by atoms with E-state index in [0.717, 1.165) is 18.8 Å². The molecule has 2 fully saturated rings. The van der Waals surface area contributed by atoms with Crippen LogP contribution >= 0.6 is 0 Å². The number of hydrogen-bond acceptors (Lipinski definition) is 1. The maximum absolute atomic E-state index is 9.41. The summed E-state index contributed by atoms with van der Waals surface area (Å²) in [5.41, 5.74) is 3.96. The van der Waals surface area contributed by atoms with E-state index in [1.165, 1.54) is 56.1 Å². The van der Waals surface area contributed by atoms with Gasteiger partial charge in [-0.25, -0.2) is 0 Å². The second-order valence-electron chi connectivity index (χ2n) is 9.67. The molecule has 4 unspecified atom stereocenters. The topological polar surface area (TPSA) is 20.2 Å². The molecule has 2 aliphatic rings. The first-order valence-corrected chi connectivity index (χ1v) is 10.2. The first-order chi connectivity index (χ1) is 11.2. The van der Waals surface area contributed by atoms with E-state index in [0.29, 0.717) is 16.7 Å². The predicted molar refractivity (Wildman–Crippen MR) is 105 cm³/mol. The third-order valence-electron chi connectivity index (χ3n) is 7.22. The Hall–Kier alpha value is -0.560. The van der Waals surface area contributed by atoms with Crippen molar-refractivity contribution in [3.63, 3.8) is 0 Å². The molecule has 1 N–H and O–H groups in total. The largest absolute Gasteiger partial charge is 0.393 e. The van der Waals surface area contributed by atoms with Gasteiger partial charge >= 0.3 is 0 Å². The zero-order chi connectivity index (χ0) is 18.0. The van der Waals surface area contributed by atoms with E-state index in [1.807, 2.05) is 6.92 Å². The highest BCUT2D eigenvalue weighted by Crippen LogP contribution is 2.61. The highest BCUT2D eigenvalue weighted by molar-refractivity contribution is 5.16. The average Bonchev–Trinajstić information content (AvgIpc) is 2.45. The normalized spacial score (nSPS) is 34.8. The first kappa shape index (κ1) is 19.8. The van der Waals surface area contributed by atoms with Crippen LogP contribution in [-0.4, -0.2) is 11.2 Å². The molecule has 1 nitrogen and oxygen atoms in total. The number of aliphatic hydroxyl groups is 1. The van der Waals surface area contributed by atoms with Gasteiger partial charge in [-0.05, 0) is 87.9 Å². The lowest BCUT2D eigenvalue weighted by molar-refractivity contribution is -0.0539. The van der Waals surface area contributed by atoms with E-state index < -0.39 is 0 Å². The quantitative estimate of drug-likeness (QED) is 0.538. The van der Waals surface area contributed by atoms with Crippen molar-refractivity contribution in [1.82, 2.24) is 0 Å². The van der Waals surface area contributed by atoms with Gasteiger partial charge < -0.3 is 5.11 Å². The standard InChI is InChI=1S/C23H40O/c1-17(9-7-10-19(3)24)11-13-20-18(2)12-14-21-22(4,5)15-8-16-23(20,21)6/h9,19-21,24H,2,7-8,10-16H2,1,3-6H3. The van der Waals surface area contributed by atoms with Gasteiger partial charge in [-0.15, -0.1) is 0 Å². The van der Waals surface area contributed by atoms with Gasteiger partial charge in [0.2, 0.25) is 0 Å². The van der Waals surface area contributed by atoms with Crippen LogP contribution in [-0.2, 0) is 0 Å². The Balaban J connectivity index is 2.03. The van der Waals surface area contributed by atoms with Crippen LogP contribution in [0.3, 0.4) is 0 Å². The molecular formula is C23H40O. The maximum atomic E-state index is 9.41. The van der Waals surface area contributed by atoms with Crippen LogP contribution in [0.4, 0.5) is 0 Å². The fourth-order valence-electron chi connectivity index (χ4n) is 5.85. The van der Waals surface area contributed by atoms with Gasteiger partial charge in [0.05, 0.1) is 6.10 Å². The fourth-order valence-corrected chi connectivity index (χ4v) is 5.85. The van der Waals surface area contributed by atoms with Crippen LogP contribution in [0.15, 0.2) is 23.8 Å². The minimum absolute atomic E-state index is 0.184. The minimum atomic E-state index is -0.184. The van der Waals surface area contributed by atoms with Crippen LogP contribution in [0.25, 0.3) is 0 Å². The van der Waals surface area contributed by atoms with Gasteiger partial charge in [-0.3, -0.25) is 0 Å². The maximum Gasteiger partial charge on any atom is 0.0515 e. The molecule has 0 aromatic carbocycles. The van der Waals surface area contributed by atoms with E-state index in [2.05, 4.69) is 40.3 Å². The number of allylic oxidation sites excluding steroid dienone is 3. The smallest absolute Gasteiger partial charge is 0.0515 e. The summed E-state index contributed by atoms with van der Waals surface area (Å²) >= 11 is 0. The zero-order valence-electron chi connectivity index (χ0n) is 16.8. The first-order valence-electron chi connectivity index (χ1n) is 10.2. The SMILES string of the molecule is C=C1CCC2C(C)(C)CCCC2(C)C1CCC(C)=CCCC(C)O. The van der Waals surface area contributed by atoms with E-state index in [9.17, 15) is 5.11 Å². The summed E-state index contributed by atoms with van der Waals surface area (Å²) < 4.78 is 0.